The molecule has 30 heavy (non-hydrogen) atoms. The Morgan fingerprint density at radius 3 is 2.73 bits per heavy atom. The van der Waals surface area contributed by atoms with Crippen molar-refractivity contribution in [3.05, 3.63) is 48.0 Å². The number of alkyl halides is 3. The molecule has 3 N–H and O–H groups in total. The Labute approximate surface area is 170 Å². The first-order valence-corrected chi connectivity index (χ1v) is 9.57. The number of imidazole rings is 1. The van der Waals surface area contributed by atoms with Crippen molar-refractivity contribution in [3.63, 3.8) is 0 Å². The maximum absolute atomic E-state index is 14.3. The molecule has 1 saturated heterocycles. The molecule has 4 rings (SSSR count). The van der Waals surface area contributed by atoms with Crippen molar-refractivity contribution in [1.29, 1.82) is 0 Å². The number of nitrogens with zero attached hydrogens (tertiary/aromatic N) is 3. The molecule has 1 aliphatic rings. The smallest absolute Gasteiger partial charge is 0.376 e. The van der Waals surface area contributed by atoms with Crippen molar-refractivity contribution in [3.8, 4) is 11.4 Å². The van der Waals surface area contributed by atoms with Gasteiger partial charge < -0.3 is 15.7 Å². The SMILES string of the molecule is CC(O)(c1ccc2ncc(-c3ccc(F)c(N[C@@H]4CCCNC4)n3)n2c1)C(F)(F)F. The first-order chi connectivity index (χ1) is 14.2. The van der Waals surface area contributed by atoms with Crippen LogP contribution in [-0.2, 0) is 5.60 Å². The van der Waals surface area contributed by atoms with Gasteiger partial charge in [0.2, 0.25) is 0 Å². The van der Waals surface area contributed by atoms with E-state index in [9.17, 15) is 22.7 Å². The van der Waals surface area contributed by atoms with Gasteiger partial charge in [0, 0.05) is 24.3 Å². The number of aromatic nitrogens is 3. The van der Waals surface area contributed by atoms with Gasteiger partial charge in [-0.15, -0.1) is 0 Å². The number of rotatable bonds is 4. The van der Waals surface area contributed by atoms with Crippen molar-refractivity contribution >= 4 is 11.5 Å². The van der Waals surface area contributed by atoms with Gasteiger partial charge in [-0.1, -0.05) is 6.07 Å². The average Bonchev–Trinajstić information content (AvgIpc) is 3.13. The summed E-state index contributed by atoms with van der Waals surface area (Å²) in [6, 6.07) is 5.30. The summed E-state index contributed by atoms with van der Waals surface area (Å²) in [6.45, 7) is 2.30. The van der Waals surface area contributed by atoms with Gasteiger partial charge in [0.25, 0.3) is 0 Å². The lowest BCUT2D eigenvalue weighted by molar-refractivity contribution is -0.259. The third kappa shape index (κ3) is 3.72. The number of aliphatic hydroxyl groups is 1. The zero-order chi connectivity index (χ0) is 21.5. The Morgan fingerprint density at radius 2 is 2.03 bits per heavy atom. The van der Waals surface area contributed by atoms with Crippen LogP contribution >= 0.6 is 0 Å². The molecule has 0 bridgehead atoms. The summed E-state index contributed by atoms with van der Waals surface area (Å²) in [7, 11) is 0. The summed E-state index contributed by atoms with van der Waals surface area (Å²) >= 11 is 0. The molecule has 6 nitrogen and oxygen atoms in total. The number of piperidine rings is 1. The zero-order valence-corrected chi connectivity index (χ0v) is 16.2. The molecule has 10 heteroatoms. The van der Waals surface area contributed by atoms with E-state index in [0.29, 0.717) is 30.5 Å². The molecule has 0 aromatic carbocycles. The molecular formula is C20H21F4N5O. The summed E-state index contributed by atoms with van der Waals surface area (Å²) < 4.78 is 55.4. The predicted molar refractivity (Wildman–Crippen MR) is 104 cm³/mol. The Hall–Kier alpha value is -2.72. The van der Waals surface area contributed by atoms with Crippen molar-refractivity contribution in [2.45, 2.75) is 37.6 Å². The lowest BCUT2D eigenvalue weighted by Gasteiger charge is -2.26. The third-order valence-corrected chi connectivity index (χ3v) is 5.37. The highest BCUT2D eigenvalue weighted by molar-refractivity contribution is 5.62. The second-order valence-corrected chi connectivity index (χ2v) is 7.57. The lowest BCUT2D eigenvalue weighted by Crippen LogP contribution is -2.39. The molecule has 0 spiro atoms. The quantitative estimate of drug-likeness (QED) is 0.561. The maximum Gasteiger partial charge on any atom is 0.421 e. The van der Waals surface area contributed by atoms with Gasteiger partial charge in [-0.05, 0) is 44.5 Å². The number of pyridine rings is 2. The first-order valence-electron chi connectivity index (χ1n) is 9.57. The van der Waals surface area contributed by atoms with Gasteiger partial charge in [0.1, 0.15) is 5.65 Å². The number of nitrogens with one attached hydrogen (secondary N) is 2. The molecule has 1 unspecified atom stereocenters. The molecule has 3 aromatic heterocycles. The Balaban J connectivity index is 1.72. The monoisotopic (exact) mass is 423 g/mol. The van der Waals surface area contributed by atoms with Crippen molar-refractivity contribution in [1.82, 2.24) is 19.7 Å². The van der Waals surface area contributed by atoms with Crippen molar-refractivity contribution in [2.75, 3.05) is 18.4 Å². The molecule has 0 saturated carbocycles. The number of halogens is 4. The van der Waals surface area contributed by atoms with Crippen molar-refractivity contribution in [2.24, 2.45) is 0 Å². The van der Waals surface area contributed by atoms with Gasteiger partial charge in [-0.2, -0.15) is 13.2 Å². The van der Waals surface area contributed by atoms with Gasteiger partial charge in [-0.3, -0.25) is 4.40 Å². The van der Waals surface area contributed by atoms with E-state index in [4.69, 9.17) is 0 Å². The highest BCUT2D eigenvalue weighted by atomic mass is 19.4. The highest BCUT2D eigenvalue weighted by Gasteiger charge is 2.51. The normalized spacial score (nSPS) is 19.6. The molecule has 3 aromatic rings. The van der Waals surface area contributed by atoms with E-state index < -0.39 is 17.6 Å². The zero-order valence-electron chi connectivity index (χ0n) is 16.2. The molecule has 160 valence electrons. The van der Waals surface area contributed by atoms with Crippen LogP contribution in [0.4, 0.5) is 23.4 Å². The van der Waals surface area contributed by atoms with Gasteiger partial charge in [-0.25, -0.2) is 14.4 Å². The van der Waals surface area contributed by atoms with Crippen LogP contribution in [0.1, 0.15) is 25.3 Å². The lowest BCUT2D eigenvalue weighted by atomic mass is 9.97. The van der Waals surface area contributed by atoms with Gasteiger partial charge in [0.15, 0.2) is 17.2 Å². The van der Waals surface area contributed by atoms with E-state index in [1.165, 1.54) is 41.1 Å². The Morgan fingerprint density at radius 1 is 1.23 bits per heavy atom. The predicted octanol–water partition coefficient (Wildman–Crippen LogP) is 3.47. The van der Waals surface area contributed by atoms with Gasteiger partial charge >= 0.3 is 6.18 Å². The van der Waals surface area contributed by atoms with Crippen LogP contribution in [0.25, 0.3) is 17.0 Å². The van der Waals surface area contributed by atoms with E-state index in [-0.39, 0.29) is 17.4 Å². The maximum atomic E-state index is 14.3. The fourth-order valence-corrected chi connectivity index (χ4v) is 3.48. The van der Waals surface area contributed by atoms with Crippen LogP contribution < -0.4 is 10.6 Å². The summed E-state index contributed by atoms with van der Waals surface area (Å²) in [5.41, 5.74) is -2.26. The second-order valence-electron chi connectivity index (χ2n) is 7.57. The standard InChI is InChI=1S/C20H21F4N5O/c1-19(30,20(22,23)24)12-4-7-17-26-10-16(29(17)11-12)15-6-5-14(21)18(28-15)27-13-3-2-8-25-9-13/h4-7,10-11,13,25,30H,2-3,8-9H2,1H3,(H,27,28)/t13-,19?/m1/s1. The largest absolute Gasteiger partial charge is 0.421 e. The van der Waals surface area contributed by atoms with E-state index in [2.05, 4.69) is 20.6 Å². The van der Waals surface area contributed by atoms with Crippen LogP contribution in [0.3, 0.4) is 0 Å². The summed E-state index contributed by atoms with van der Waals surface area (Å²) in [5, 5.41) is 16.3. The van der Waals surface area contributed by atoms with E-state index >= 15 is 0 Å². The van der Waals surface area contributed by atoms with Crippen molar-refractivity contribution < 1.29 is 22.7 Å². The minimum absolute atomic E-state index is 0.0340. The highest BCUT2D eigenvalue weighted by Crippen LogP contribution is 2.38. The molecule has 2 atom stereocenters. The summed E-state index contributed by atoms with van der Waals surface area (Å²) in [4.78, 5) is 8.52. The number of anilines is 1. The minimum atomic E-state index is -4.85. The first kappa shape index (κ1) is 20.5. The summed E-state index contributed by atoms with van der Waals surface area (Å²) in [5.74, 6) is -0.437. The van der Waals surface area contributed by atoms with E-state index in [1.807, 2.05) is 0 Å². The number of fused-ring (bicyclic) bond motifs is 1. The molecule has 0 radical (unpaired) electrons. The van der Waals surface area contributed by atoms with Crippen LogP contribution in [-0.4, -0.2) is 44.8 Å². The fourth-order valence-electron chi connectivity index (χ4n) is 3.48. The topological polar surface area (TPSA) is 74.5 Å². The van der Waals surface area contributed by atoms with Crippen LogP contribution in [0, 0.1) is 5.82 Å². The Kier molecular flexibility index (Phi) is 5.15. The number of hydrogen-bond donors (Lipinski definition) is 3. The number of hydrogen-bond acceptors (Lipinski definition) is 5. The molecular weight excluding hydrogens is 402 g/mol. The molecule has 0 amide bonds. The molecule has 1 fully saturated rings. The molecule has 0 aliphatic carbocycles. The van der Waals surface area contributed by atoms with Crippen LogP contribution in [0.15, 0.2) is 36.7 Å². The summed E-state index contributed by atoms with van der Waals surface area (Å²) in [6.07, 6.45) is -0.374. The van der Waals surface area contributed by atoms with Gasteiger partial charge in [0.05, 0.1) is 17.6 Å². The molecule has 4 heterocycles. The second kappa shape index (κ2) is 7.51. The molecule has 1 aliphatic heterocycles. The fraction of sp³-hybridized carbons (Fsp3) is 0.400. The minimum Gasteiger partial charge on any atom is -0.376 e. The van der Waals surface area contributed by atoms with Crippen LogP contribution in [0.2, 0.25) is 0 Å². The third-order valence-electron chi connectivity index (χ3n) is 5.37. The van der Waals surface area contributed by atoms with E-state index in [1.54, 1.807) is 0 Å². The van der Waals surface area contributed by atoms with Crippen LogP contribution in [0.5, 0.6) is 0 Å². The van der Waals surface area contributed by atoms with E-state index in [0.717, 1.165) is 19.4 Å². The average molecular weight is 423 g/mol. The Bertz CT molecular complexity index is 1060.